The van der Waals surface area contributed by atoms with Gasteiger partial charge in [-0.25, -0.2) is 0 Å². The number of amides is 1. The highest BCUT2D eigenvalue weighted by atomic mass is 35.5. The van der Waals surface area contributed by atoms with Crippen molar-refractivity contribution in [2.24, 2.45) is 5.73 Å². The number of hydrogen-bond donors (Lipinski definition) is 2. The zero-order valence-corrected chi connectivity index (χ0v) is 12.5. The summed E-state index contributed by atoms with van der Waals surface area (Å²) in [4.78, 5) is 13.0. The third kappa shape index (κ3) is 3.91. The first kappa shape index (κ1) is 18.7. The summed E-state index contributed by atoms with van der Waals surface area (Å²) in [5.41, 5.74) is 3.83. The molecule has 1 aromatic carbocycles. The zero-order chi connectivity index (χ0) is 15.7. The summed E-state index contributed by atoms with van der Waals surface area (Å²) >= 11 is 0. The number of likely N-dealkylation sites (tertiary alicyclic amines) is 1. The first-order valence-electron chi connectivity index (χ1n) is 6.60. The summed E-state index contributed by atoms with van der Waals surface area (Å²) in [5, 5.41) is 9.55. The molecule has 124 valence electrons. The van der Waals surface area contributed by atoms with Gasteiger partial charge in [-0.3, -0.25) is 4.79 Å². The molecule has 0 radical (unpaired) electrons. The van der Waals surface area contributed by atoms with Crippen molar-refractivity contribution in [3.8, 4) is 0 Å². The third-order valence-electron chi connectivity index (χ3n) is 3.75. The van der Waals surface area contributed by atoms with Crippen molar-refractivity contribution in [3.05, 3.63) is 35.9 Å². The molecular weight excluding hydrogens is 321 g/mol. The summed E-state index contributed by atoms with van der Waals surface area (Å²) < 4.78 is 38.1. The average Bonchev–Trinajstić information content (AvgIpc) is 2.83. The van der Waals surface area contributed by atoms with Crippen LogP contribution in [0.1, 0.15) is 24.4 Å². The Morgan fingerprint density at radius 3 is 2.45 bits per heavy atom. The summed E-state index contributed by atoms with van der Waals surface area (Å²) in [6.45, 7) is -0.840. The Morgan fingerprint density at radius 2 is 1.95 bits per heavy atom. The number of β-amino-alcohol motifs (C(OH)–C–C–N with tert-alkyl or cyclic N) is 1. The van der Waals surface area contributed by atoms with Crippen LogP contribution in [0, 0.1) is 0 Å². The second-order valence-corrected chi connectivity index (χ2v) is 5.32. The van der Waals surface area contributed by atoms with E-state index in [1.54, 1.807) is 24.3 Å². The minimum absolute atomic E-state index is 0. The van der Waals surface area contributed by atoms with E-state index in [4.69, 9.17) is 5.73 Å². The largest absolute Gasteiger partial charge is 0.419 e. The van der Waals surface area contributed by atoms with Gasteiger partial charge >= 0.3 is 6.18 Å². The fourth-order valence-corrected chi connectivity index (χ4v) is 2.37. The molecule has 0 saturated carbocycles. The molecule has 1 aromatic rings. The monoisotopic (exact) mass is 338 g/mol. The van der Waals surface area contributed by atoms with Crippen molar-refractivity contribution in [2.75, 3.05) is 13.1 Å². The van der Waals surface area contributed by atoms with Crippen LogP contribution < -0.4 is 5.73 Å². The van der Waals surface area contributed by atoms with Crippen molar-refractivity contribution < 1.29 is 23.1 Å². The predicted molar refractivity (Wildman–Crippen MR) is 77.4 cm³/mol. The Bertz CT molecular complexity index is 513. The summed E-state index contributed by atoms with van der Waals surface area (Å²) in [7, 11) is 0. The Kier molecular flexibility index (Phi) is 5.83. The van der Waals surface area contributed by atoms with Crippen molar-refractivity contribution in [2.45, 2.75) is 30.7 Å². The van der Waals surface area contributed by atoms with Crippen LogP contribution in [0.25, 0.3) is 0 Å². The van der Waals surface area contributed by atoms with E-state index >= 15 is 0 Å². The van der Waals surface area contributed by atoms with E-state index in [0.29, 0.717) is 0 Å². The highest BCUT2D eigenvalue weighted by Gasteiger charge is 2.57. The molecule has 22 heavy (non-hydrogen) atoms. The first-order valence-corrected chi connectivity index (χ1v) is 6.60. The van der Waals surface area contributed by atoms with Crippen LogP contribution in [0.4, 0.5) is 13.2 Å². The van der Waals surface area contributed by atoms with Crippen LogP contribution in [-0.2, 0) is 4.79 Å². The Labute approximate surface area is 132 Å². The summed E-state index contributed by atoms with van der Waals surface area (Å²) in [6.07, 6.45) is -5.32. The van der Waals surface area contributed by atoms with Gasteiger partial charge in [0, 0.05) is 25.4 Å². The molecule has 1 heterocycles. The lowest BCUT2D eigenvalue weighted by molar-refractivity contribution is -0.253. The normalized spacial score (nSPS) is 23.0. The maximum absolute atomic E-state index is 12.7. The van der Waals surface area contributed by atoms with E-state index in [0.717, 1.165) is 10.5 Å². The van der Waals surface area contributed by atoms with E-state index in [-0.39, 0.29) is 25.4 Å². The number of benzene rings is 1. The molecule has 1 amide bonds. The standard InChI is InChI=1S/C14H17F3N2O2.ClH/c15-14(16,17)13(21)6-7-19(9-13)12(20)8-11(18)10-4-2-1-3-5-10;/h1-5,11,21H,6-9,18H2;1H. The van der Waals surface area contributed by atoms with Gasteiger partial charge in [0.05, 0.1) is 6.54 Å². The molecule has 0 aromatic heterocycles. The molecule has 1 fully saturated rings. The van der Waals surface area contributed by atoms with Crippen LogP contribution in [0.2, 0.25) is 0 Å². The molecule has 8 heteroatoms. The number of rotatable bonds is 3. The smallest absolute Gasteiger partial charge is 0.379 e. The van der Waals surface area contributed by atoms with Gasteiger partial charge in [0.1, 0.15) is 0 Å². The number of nitrogens with two attached hydrogens (primary N) is 1. The lowest BCUT2D eigenvalue weighted by Crippen LogP contribution is -2.48. The zero-order valence-electron chi connectivity index (χ0n) is 11.7. The lowest BCUT2D eigenvalue weighted by Gasteiger charge is -2.26. The quantitative estimate of drug-likeness (QED) is 0.886. The molecule has 1 aliphatic heterocycles. The molecule has 4 nitrogen and oxygen atoms in total. The maximum atomic E-state index is 12.7. The molecule has 2 unspecified atom stereocenters. The highest BCUT2D eigenvalue weighted by Crippen LogP contribution is 2.37. The molecule has 2 rings (SSSR count). The maximum Gasteiger partial charge on any atom is 0.419 e. The van der Waals surface area contributed by atoms with E-state index in [1.165, 1.54) is 0 Å². The van der Waals surface area contributed by atoms with Gasteiger partial charge in [-0.05, 0) is 5.56 Å². The summed E-state index contributed by atoms with van der Waals surface area (Å²) in [6, 6.07) is 8.30. The summed E-state index contributed by atoms with van der Waals surface area (Å²) in [5.74, 6) is -0.480. The van der Waals surface area contributed by atoms with E-state index < -0.39 is 36.7 Å². The third-order valence-corrected chi connectivity index (χ3v) is 3.75. The number of alkyl halides is 3. The Hall–Kier alpha value is -1.31. The second-order valence-electron chi connectivity index (χ2n) is 5.32. The number of nitrogens with zero attached hydrogens (tertiary/aromatic N) is 1. The van der Waals surface area contributed by atoms with Gasteiger partial charge in [0.15, 0.2) is 5.60 Å². The van der Waals surface area contributed by atoms with Gasteiger partial charge in [-0.1, -0.05) is 30.3 Å². The van der Waals surface area contributed by atoms with Gasteiger partial charge in [0.2, 0.25) is 5.91 Å². The van der Waals surface area contributed by atoms with E-state index in [2.05, 4.69) is 0 Å². The van der Waals surface area contributed by atoms with E-state index in [9.17, 15) is 23.1 Å². The van der Waals surface area contributed by atoms with Crippen LogP contribution in [0.3, 0.4) is 0 Å². The molecule has 0 spiro atoms. The van der Waals surface area contributed by atoms with E-state index in [1.807, 2.05) is 6.07 Å². The van der Waals surface area contributed by atoms with Gasteiger partial charge in [-0.15, -0.1) is 12.4 Å². The van der Waals surface area contributed by atoms with Crippen LogP contribution in [-0.4, -0.2) is 40.8 Å². The van der Waals surface area contributed by atoms with Crippen LogP contribution in [0.15, 0.2) is 30.3 Å². The van der Waals surface area contributed by atoms with Crippen LogP contribution in [0.5, 0.6) is 0 Å². The van der Waals surface area contributed by atoms with Crippen molar-refractivity contribution in [3.63, 3.8) is 0 Å². The SMILES string of the molecule is Cl.NC(CC(=O)N1CCC(O)(C(F)(F)F)C1)c1ccccc1. The fraction of sp³-hybridized carbons (Fsp3) is 0.500. The second kappa shape index (κ2) is 6.85. The highest BCUT2D eigenvalue weighted by molar-refractivity contribution is 5.85. The van der Waals surface area contributed by atoms with Gasteiger partial charge < -0.3 is 15.7 Å². The van der Waals surface area contributed by atoms with Gasteiger partial charge in [0.25, 0.3) is 0 Å². The number of carbonyl (C=O) groups excluding carboxylic acids is 1. The number of hydrogen-bond acceptors (Lipinski definition) is 3. The Morgan fingerprint density at radius 1 is 1.36 bits per heavy atom. The average molecular weight is 339 g/mol. The first-order chi connectivity index (χ1) is 9.73. The minimum atomic E-state index is -4.73. The molecule has 0 aliphatic carbocycles. The van der Waals surface area contributed by atoms with Crippen molar-refractivity contribution >= 4 is 18.3 Å². The number of halogens is 4. The molecule has 2 atom stereocenters. The molecule has 0 bridgehead atoms. The molecule has 3 N–H and O–H groups in total. The molecule has 1 saturated heterocycles. The number of carbonyl (C=O) groups is 1. The number of aliphatic hydroxyl groups is 1. The predicted octanol–water partition coefficient (Wildman–Crippen LogP) is 2.02. The lowest BCUT2D eigenvalue weighted by atomic mass is 10.0. The van der Waals surface area contributed by atoms with Crippen molar-refractivity contribution in [1.82, 2.24) is 4.90 Å². The minimum Gasteiger partial charge on any atom is -0.379 e. The van der Waals surface area contributed by atoms with Crippen molar-refractivity contribution in [1.29, 1.82) is 0 Å². The Balaban J connectivity index is 0.00000242. The topological polar surface area (TPSA) is 66.6 Å². The molecule has 1 aliphatic rings. The molecular formula is C14H18ClF3N2O2. The van der Waals surface area contributed by atoms with Gasteiger partial charge in [-0.2, -0.15) is 13.2 Å². The fourth-order valence-electron chi connectivity index (χ4n) is 2.37. The van der Waals surface area contributed by atoms with Crippen LogP contribution >= 0.6 is 12.4 Å².